The van der Waals surface area contributed by atoms with Crippen LogP contribution in [0.3, 0.4) is 0 Å². The molecule has 1 saturated carbocycles. The van der Waals surface area contributed by atoms with E-state index in [0.717, 1.165) is 34.6 Å². The molecular formula is C54H63N7O12. The lowest BCUT2D eigenvalue weighted by molar-refractivity contribution is -0.127. The summed E-state index contributed by atoms with van der Waals surface area (Å²) in [7, 11) is 4.61. The lowest BCUT2D eigenvalue weighted by Crippen LogP contribution is -2.50. The average molecular weight is 1000 g/mol. The first kappa shape index (κ1) is 50.4. The molecule has 19 heteroatoms. The number of methoxy groups -OCH3 is 3. The number of aliphatic hydroxyl groups excluding tert-OH is 1. The van der Waals surface area contributed by atoms with Crippen molar-refractivity contribution in [1.29, 1.82) is 0 Å². The van der Waals surface area contributed by atoms with Crippen LogP contribution in [-0.4, -0.2) is 123 Å². The molecule has 4 aromatic carbocycles. The molecule has 386 valence electrons. The Morgan fingerprint density at radius 2 is 1.51 bits per heavy atom. The fourth-order valence-electron chi connectivity index (χ4n) is 9.84. The third-order valence-corrected chi connectivity index (χ3v) is 14.4. The highest BCUT2D eigenvalue weighted by Crippen LogP contribution is 2.57. The van der Waals surface area contributed by atoms with Crippen LogP contribution in [0.2, 0.25) is 0 Å². The van der Waals surface area contributed by atoms with Gasteiger partial charge in [0.25, 0.3) is 11.8 Å². The average Bonchev–Trinajstić information content (AvgIpc) is 3.90. The van der Waals surface area contributed by atoms with Crippen molar-refractivity contribution in [2.75, 3.05) is 63.2 Å². The highest BCUT2D eigenvalue weighted by Gasteiger charge is 2.58. The standard InChI is InChI=1S/C54H63N7O12/c1-30(2)47(55)49(63)57-31(3)48(62)58-35-12-8-32(9-13-35)28-73-53(67)61-41-24-46(44(70-6)22-39(41)51(65)60-29-54(16-17-54)25-42(60)52(61)66)72-19-7-18-71-45-23-40-38(21-43(45)69-5)50(64)59-27-34(20-36(59)26-56-40)33-10-14-37(68-4)15-11-33/h8-15,21-24,27,30-31,36,42,47,52,56,66H,7,16-20,25-26,28-29,55H2,1-6H3,(H,57,63)(H,58,62)/t31-,36-,42-,47-,52-/m0/s1. The summed E-state index contributed by atoms with van der Waals surface area (Å²) in [5, 5.41) is 20.9. The maximum Gasteiger partial charge on any atom is 0.416 e. The number of rotatable bonds is 17. The quantitative estimate of drug-likeness (QED) is 0.0749. The topological polar surface area (TPSA) is 233 Å². The summed E-state index contributed by atoms with van der Waals surface area (Å²) in [4.78, 5) is 72.3. The SMILES string of the molecule is COc1ccc(C2=CN3C(=O)c4cc(OC)c(OCCCOc5cc6c(cc5OC)C(=O)N5CC7(CC7)C[C@H]5[C@H](O)N6C(=O)OCc5ccc(NC(=O)[C@H](C)NC(=O)[C@@H](N)C(C)C)cc5)cc4NC[C@@H]3C2)cc1. The van der Waals surface area contributed by atoms with Crippen molar-refractivity contribution in [3.63, 3.8) is 0 Å². The molecule has 4 aliphatic heterocycles. The fraction of sp³-hybridized carbons (Fsp3) is 0.426. The third kappa shape index (κ3) is 10.4. The second-order valence-electron chi connectivity index (χ2n) is 19.7. The van der Waals surface area contributed by atoms with Crippen molar-refractivity contribution < 1.29 is 57.5 Å². The van der Waals surface area contributed by atoms with Crippen LogP contribution in [0.1, 0.15) is 84.7 Å². The Hall–Kier alpha value is -7.51. The number of nitrogens with two attached hydrogens (primary N) is 1. The van der Waals surface area contributed by atoms with Crippen LogP contribution in [0.25, 0.3) is 5.57 Å². The van der Waals surface area contributed by atoms with Crippen LogP contribution in [0.4, 0.5) is 21.9 Å². The number of aliphatic hydroxyl groups is 1. The summed E-state index contributed by atoms with van der Waals surface area (Å²) in [6.45, 7) is 6.33. The summed E-state index contributed by atoms with van der Waals surface area (Å²) >= 11 is 0. The van der Waals surface area contributed by atoms with Crippen molar-refractivity contribution >= 4 is 52.4 Å². The van der Waals surface area contributed by atoms with Gasteiger partial charge in [-0.3, -0.25) is 19.2 Å². The molecule has 4 aromatic rings. The Kier molecular flexibility index (Phi) is 14.4. The number of nitrogens with one attached hydrogen (secondary N) is 3. The van der Waals surface area contributed by atoms with E-state index in [1.54, 1.807) is 60.2 Å². The number of carbonyl (C=O) groups excluding carboxylic acids is 5. The molecule has 5 atom stereocenters. The van der Waals surface area contributed by atoms with Gasteiger partial charge in [0.2, 0.25) is 11.8 Å². The normalized spacial score (nSPS) is 20.0. The van der Waals surface area contributed by atoms with Gasteiger partial charge in [0, 0.05) is 43.5 Å². The first-order valence-electron chi connectivity index (χ1n) is 24.6. The maximum atomic E-state index is 14.3. The molecule has 0 bridgehead atoms. The summed E-state index contributed by atoms with van der Waals surface area (Å²) in [6.07, 6.45) is 3.05. The van der Waals surface area contributed by atoms with Gasteiger partial charge in [0.1, 0.15) is 18.4 Å². The number of hydrogen-bond donors (Lipinski definition) is 5. The zero-order valence-corrected chi connectivity index (χ0v) is 41.9. The van der Waals surface area contributed by atoms with Crippen LogP contribution in [0.5, 0.6) is 28.7 Å². The van der Waals surface area contributed by atoms with Gasteiger partial charge in [-0.15, -0.1) is 0 Å². The molecule has 1 saturated heterocycles. The highest BCUT2D eigenvalue weighted by molar-refractivity contribution is 6.06. The zero-order chi connectivity index (χ0) is 51.7. The Bertz CT molecular complexity index is 2800. The Morgan fingerprint density at radius 3 is 2.15 bits per heavy atom. The van der Waals surface area contributed by atoms with Gasteiger partial charge in [-0.1, -0.05) is 38.1 Å². The van der Waals surface area contributed by atoms with Gasteiger partial charge in [-0.2, -0.15) is 0 Å². The van der Waals surface area contributed by atoms with Crippen LogP contribution in [-0.2, 0) is 20.9 Å². The molecule has 1 aliphatic carbocycles. The van der Waals surface area contributed by atoms with Crippen LogP contribution < -0.4 is 50.3 Å². The number of ether oxygens (including phenoxy) is 6. The second-order valence-corrected chi connectivity index (χ2v) is 19.7. The lowest BCUT2D eigenvalue weighted by Gasteiger charge is -2.31. The molecule has 5 amide bonds. The van der Waals surface area contributed by atoms with Gasteiger partial charge in [0.05, 0.1) is 75.2 Å². The Labute approximate surface area is 423 Å². The molecule has 4 heterocycles. The predicted octanol–water partition coefficient (Wildman–Crippen LogP) is 6.14. The molecule has 2 fully saturated rings. The van der Waals surface area contributed by atoms with Crippen LogP contribution >= 0.6 is 0 Å². The van der Waals surface area contributed by atoms with E-state index in [1.807, 2.05) is 44.3 Å². The minimum Gasteiger partial charge on any atom is -0.497 e. The minimum absolute atomic E-state index is 0.0819. The fourth-order valence-corrected chi connectivity index (χ4v) is 9.84. The number of benzene rings is 4. The number of anilines is 3. The number of amides is 5. The highest BCUT2D eigenvalue weighted by atomic mass is 16.6. The van der Waals surface area contributed by atoms with E-state index in [4.69, 9.17) is 34.2 Å². The number of fused-ring (bicyclic) bond motifs is 4. The molecule has 0 unspecified atom stereocenters. The lowest BCUT2D eigenvalue weighted by atomic mass is 10.0. The van der Waals surface area contributed by atoms with Crippen molar-refractivity contribution in [3.05, 3.63) is 101 Å². The Morgan fingerprint density at radius 1 is 0.836 bits per heavy atom. The molecule has 0 aromatic heterocycles. The molecule has 5 aliphatic rings. The summed E-state index contributed by atoms with van der Waals surface area (Å²) in [6, 6.07) is 18.6. The molecule has 19 nitrogen and oxygen atoms in total. The van der Waals surface area contributed by atoms with Gasteiger partial charge in [-0.25, -0.2) is 9.69 Å². The van der Waals surface area contributed by atoms with Gasteiger partial charge < -0.3 is 65.0 Å². The van der Waals surface area contributed by atoms with Crippen molar-refractivity contribution in [2.24, 2.45) is 17.1 Å². The first-order chi connectivity index (χ1) is 35.1. The van der Waals surface area contributed by atoms with E-state index >= 15 is 0 Å². The largest absolute Gasteiger partial charge is 0.497 e. The van der Waals surface area contributed by atoms with Gasteiger partial charge in [0.15, 0.2) is 29.2 Å². The van der Waals surface area contributed by atoms with E-state index < -0.39 is 42.3 Å². The molecule has 0 radical (unpaired) electrons. The second kappa shape index (κ2) is 20.9. The first-order valence-corrected chi connectivity index (χ1v) is 24.6. The molecule has 1 spiro atoms. The van der Waals surface area contributed by atoms with Crippen molar-refractivity contribution in [2.45, 2.75) is 89.9 Å². The molecule has 73 heavy (non-hydrogen) atoms. The van der Waals surface area contributed by atoms with Crippen molar-refractivity contribution in [1.82, 2.24) is 15.1 Å². The minimum atomic E-state index is -1.44. The zero-order valence-electron chi connectivity index (χ0n) is 41.9. The van der Waals surface area contributed by atoms with Gasteiger partial charge in [-0.05, 0) is 97.0 Å². The van der Waals surface area contributed by atoms with Crippen molar-refractivity contribution in [3.8, 4) is 28.7 Å². The van der Waals surface area contributed by atoms with E-state index in [2.05, 4.69) is 16.0 Å². The predicted molar refractivity (Wildman–Crippen MR) is 271 cm³/mol. The summed E-state index contributed by atoms with van der Waals surface area (Å²) in [5.41, 5.74) is 10.3. The van der Waals surface area contributed by atoms with Crippen LogP contribution in [0, 0.1) is 11.3 Å². The Balaban J connectivity index is 0.856. The molecule has 6 N–H and O–H groups in total. The molecule has 9 rings (SSSR count). The third-order valence-electron chi connectivity index (χ3n) is 14.4. The smallest absolute Gasteiger partial charge is 0.416 e. The monoisotopic (exact) mass is 1000 g/mol. The summed E-state index contributed by atoms with van der Waals surface area (Å²) < 4.78 is 35.0. The van der Waals surface area contributed by atoms with Crippen LogP contribution in [0.15, 0.2) is 79.0 Å². The number of hydrogen-bond acceptors (Lipinski definition) is 14. The van der Waals surface area contributed by atoms with E-state index in [0.29, 0.717) is 66.4 Å². The number of carbonyl (C=O) groups is 5. The number of nitrogens with zero attached hydrogens (tertiary/aromatic N) is 3. The summed E-state index contributed by atoms with van der Waals surface area (Å²) in [5.74, 6) is 0.637. The van der Waals surface area contributed by atoms with E-state index in [9.17, 15) is 29.1 Å². The van der Waals surface area contributed by atoms with E-state index in [1.165, 1.54) is 26.4 Å². The van der Waals surface area contributed by atoms with Gasteiger partial charge >= 0.3 is 6.09 Å². The maximum absolute atomic E-state index is 14.3. The van der Waals surface area contributed by atoms with E-state index in [-0.39, 0.29) is 71.8 Å². The molecular weight excluding hydrogens is 939 g/mol.